The largest absolute Gasteiger partial charge is 0.481 e. The van der Waals surface area contributed by atoms with Crippen molar-refractivity contribution in [2.24, 2.45) is 0 Å². The van der Waals surface area contributed by atoms with Gasteiger partial charge >= 0.3 is 10.2 Å². The second-order valence-corrected chi connectivity index (χ2v) is 12.3. The van der Waals surface area contributed by atoms with Gasteiger partial charge in [-0.25, -0.2) is 14.7 Å². The smallest absolute Gasteiger partial charge is 0.303 e. The van der Waals surface area contributed by atoms with Gasteiger partial charge in [0.05, 0.1) is 13.7 Å². The number of nitrogens with one attached hydrogen (secondary N) is 1. The molecule has 1 aromatic carbocycles. The molecule has 1 atom stereocenters. The van der Waals surface area contributed by atoms with Crippen LogP contribution >= 0.6 is 11.3 Å². The number of aromatic nitrogens is 2. The summed E-state index contributed by atoms with van der Waals surface area (Å²) in [5.41, 5.74) is 2.55. The van der Waals surface area contributed by atoms with E-state index in [4.69, 9.17) is 4.74 Å². The Morgan fingerprint density at radius 1 is 1.18 bits per heavy atom. The lowest BCUT2D eigenvalue weighted by atomic mass is 10.1. The highest BCUT2D eigenvalue weighted by molar-refractivity contribution is 7.87. The van der Waals surface area contributed by atoms with Crippen molar-refractivity contribution in [2.45, 2.75) is 39.3 Å². The number of pyridine rings is 1. The fourth-order valence-corrected chi connectivity index (χ4v) is 5.21. The Bertz CT molecular complexity index is 1410. The number of aliphatic hydroxyl groups excluding tert-OH is 1. The third kappa shape index (κ3) is 8.05. The van der Waals surface area contributed by atoms with Gasteiger partial charge < -0.3 is 14.7 Å². The lowest BCUT2D eigenvalue weighted by Crippen LogP contribution is -2.39. The van der Waals surface area contributed by atoms with E-state index >= 15 is 0 Å². The molecule has 3 rings (SSSR count). The topological polar surface area (TPSA) is 142 Å². The van der Waals surface area contributed by atoms with E-state index in [1.165, 1.54) is 43.6 Å². The van der Waals surface area contributed by atoms with Gasteiger partial charge in [-0.15, -0.1) is 11.3 Å². The first-order chi connectivity index (χ1) is 18.4. The van der Waals surface area contributed by atoms with E-state index < -0.39 is 28.1 Å². The second-order valence-electron chi connectivity index (χ2n) is 9.12. The number of ether oxygens (including phenoxy) is 1. The Morgan fingerprint density at radius 3 is 2.54 bits per heavy atom. The molecule has 0 spiro atoms. The Morgan fingerprint density at radius 2 is 1.92 bits per heavy atom. The van der Waals surface area contributed by atoms with Crippen molar-refractivity contribution in [2.75, 3.05) is 27.7 Å². The minimum absolute atomic E-state index is 0.0342. The normalized spacial score (nSPS) is 12.3. The molecule has 2 aromatic heterocycles. The number of benzene rings is 1. The first-order valence-electron chi connectivity index (χ1n) is 12.1. The van der Waals surface area contributed by atoms with Gasteiger partial charge in [0.15, 0.2) is 6.10 Å². The quantitative estimate of drug-likeness (QED) is 0.335. The van der Waals surface area contributed by atoms with Crippen molar-refractivity contribution >= 4 is 33.4 Å². The third-order valence-corrected chi connectivity index (χ3v) is 8.25. The molecule has 0 bridgehead atoms. The first kappa shape index (κ1) is 30.2. The van der Waals surface area contributed by atoms with Gasteiger partial charge in [-0.2, -0.15) is 12.7 Å². The number of methoxy groups -OCH3 is 1. The maximum atomic E-state index is 13.4. The molecule has 0 aliphatic rings. The Hall–Kier alpha value is -3.39. The summed E-state index contributed by atoms with van der Waals surface area (Å²) in [7, 11) is 0.0890. The summed E-state index contributed by atoms with van der Waals surface area (Å²) < 4.78 is 32.1. The van der Waals surface area contributed by atoms with Crippen LogP contribution in [0.1, 0.15) is 49.6 Å². The zero-order valence-electron chi connectivity index (χ0n) is 22.5. The second kappa shape index (κ2) is 13.1. The molecule has 0 saturated carbocycles. The van der Waals surface area contributed by atoms with Crippen LogP contribution in [0.15, 0.2) is 42.6 Å². The van der Waals surface area contributed by atoms with Crippen LogP contribution in [0.4, 0.5) is 0 Å². The molecule has 39 heavy (non-hydrogen) atoms. The van der Waals surface area contributed by atoms with Crippen molar-refractivity contribution in [1.29, 1.82) is 0 Å². The minimum Gasteiger partial charge on any atom is -0.481 e. The molecular formula is C26H33N5O6S2. The van der Waals surface area contributed by atoms with Crippen LogP contribution < -0.4 is 9.46 Å². The number of nitrogens with zero attached hydrogens (tertiary/aromatic N) is 4. The Kier molecular flexibility index (Phi) is 10.1. The number of rotatable bonds is 12. The van der Waals surface area contributed by atoms with Crippen LogP contribution in [0.5, 0.6) is 5.88 Å². The van der Waals surface area contributed by atoms with E-state index in [1.54, 1.807) is 19.1 Å². The predicted molar refractivity (Wildman–Crippen MR) is 148 cm³/mol. The van der Waals surface area contributed by atoms with Crippen LogP contribution in [-0.2, 0) is 28.0 Å². The average Bonchev–Trinajstić information content (AvgIpc) is 3.27. The van der Waals surface area contributed by atoms with Gasteiger partial charge in [0.25, 0.3) is 11.8 Å². The number of aryl methyl sites for hydroxylation is 3. The maximum Gasteiger partial charge on any atom is 0.303 e. The summed E-state index contributed by atoms with van der Waals surface area (Å²) in [6.07, 6.45) is 1.27. The monoisotopic (exact) mass is 575 g/mol. The van der Waals surface area contributed by atoms with Gasteiger partial charge in [-0.05, 0) is 38.3 Å². The van der Waals surface area contributed by atoms with Gasteiger partial charge in [-0.1, -0.05) is 29.8 Å². The van der Waals surface area contributed by atoms with Gasteiger partial charge in [-0.3, -0.25) is 9.59 Å². The van der Waals surface area contributed by atoms with Crippen LogP contribution in [-0.4, -0.2) is 72.3 Å². The van der Waals surface area contributed by atoms with Gasteiger partial charge in [0.1, 0.15) is 10.7 Å². The highest BCUT2D eigenvalue weighted by Crippen LogP contribution is 2.23. The molecule has 0 radical (unpaired) electrons. The van der Waals surface area contributed by atoms with Gasteiger partial charge in [0, 0.05) is 43.3 Å². The van der Waals surface area contributed by atoms with E-state index in [1.807, 2.05) is 29.8 Å². The Labute approximate surface area is 232 Å². The summed E-state index contributed by atoms with van der Waals surface area (Å²) >= 11 is 1.18. The van der Waals surface area contributed by atoms with Crippen LogP contribution in [0.25, 0.3) is 0 Å². The standard InChI is InChI=1S/C26H33N5O6S2/c1-17-8-6-9-19(14-17)10-7-13-31(26(34)24(32)20-11-12-21(37-5)27-15-20)16-22-28-23(18(2)38-22)25(33)29-39(35,36)30(3)4/h6,8-9,11-12,14-15,24,32H,7,10,13,16H2,1-5H3,(H,29,33)/t24-/m1/s1. The summed E-state index contributed by atoms with van der Waals surface area (Å²) in [6.45, 7) is 4.02. The van der Waals surface area contributed by atoms with Crippen molar-refractivity contribution in [3.05, 3.63) is 74.9 Å². The minimum atomic E-state index is -3.99. The molecule has 13 heteroatoms. The van der Waals surface area contributed by atoms with Crippen molar-refractivity contribution < 1.29 is 27.9 Å². The number of hydrogen-bond acceptors (Lipinski definition) is 9. The molecule has 2 N–H and O–H groups in total. The lowest BCUT2D eigenvalue weighted by Gasteiger charge is -2.24. The SMILES string of the molecule is COc1ccc([C@@H](O)C(=O)N(CCCc2cccc(C)c2)Cc2nc(C(=O)NS(=O)(=O)N(C)C)c(C)s2)cn1. The maximum absolute atomic E-state index is 13.4. The van der Waals surface area contributed by atoms with Crippen LogP contribution in [0.3, 0.4) is 0 Å². The molecule has 2 heterocycles. The van der Waals surface area contributed by atoms with E-state index in [0.717, 1.165) is 21.9 Å². The summed E-state index contributed by atoms with van der Waals surface area (Å²) in [5, 5.41) is 11.3. The molecular weight excluding hydrogens is 542 g/mol. The van der Waals surface area contributed by atoms with Crippen LogP contribution in [0, 0.1) is 13.8 Å². The molecule has 0 fully saturated rings. The van der Waals surface area contributed by atoms with E-state index in [9.17, 15) is 23.1 Å². The van der Waals surface area contributed by atoms with E-state index in [2.05, 4.69) is 16.0 Å². The number of thiazole rings is 1. The number of carbonyl (C=O) groups is 2. The van der Waals surface area contributed by atoms with Crippen LogP contribution in [0.2, 0.25) is 0 Å². The summed E-state index contributed by atoms with van der Waals surface area (Å²) in [6, 6.07) is 11.2. The molecule has 210 valence electrons. The first-order valence-corrected chi connectivity index (χ1v) is 14.4. The summed E-state index contributed by atoms with van der Waals surface area (Å²) in [4.78, 5) is 36.4. The fourth-order valence-electron chi connectivity index (χ4n) is 3.75. The van der Waals surface area contributed by atoms with Gasteiger partial charge in [0.2, 0.25) is 5.88 Å². The Balaban J connectivity index is 1.81. The number of amides is 2. The molecule has 2 amide bonds. The zero-order chi connectivity index (χ0) is 28.7. The average molecular weight is 576 g/mol. The highest BCUT2D eigenvalue weighted by Gasteiger charge is 2.27. The molecule has 3 aromatic rings. The number of carbonyl (C=O) groups excluding carboxylic acids is 2. The summed E-state index contributed by atoms with van der Waals surface area (Å²) in [5.74, 6) is -1.04. The van der Waals surface area contributed by atoms with Crippen molar-refractivity contribution in [3.63, 3.8) is 0 Å². The lowest BCUT2D eigenvalue weighted by molar-refractivity contribution is -0.141. The molecule has 0 aliphatic carbocycles. The third-order valence-electron chi connectivity index (χ3n) is 5.89. The molecule has 0 unspecified atom stereocenters. The predicted octanol–water partition coefficient (Wildman–Crippen LogP) is 2.39. The van der Waals surface area contributed by atoms with Crippen molar-refractivity contribution in [1.82, 2.24) is 23.9 Å². The zero-order valence-corrected chi connectivity index (χ0v) is 24.2. The van der Waals surface area contributed by atoms with Crippen molar-refractivity contribution in [3.8, 4) is 5.88 Å². The number of aliphatic hydroxyl groups is 1. The molecule has 11 nitrogen and oxygen atoms in total. The molecule has 0 aliphatic heterocycles. The fraction of sp³-hybridized carbons (Fsp3) is 0.385. The highest BCUT2D eigenvalue weighted by atomic mass is 32.2. The number of hydrogen-bond donors (Lipinski definition) is 2. The van der Waals surface area contributed by atoms with E-state index in [0.29, 0.717) is 34.3 Å². The van der Waals surface area contributed by atoms with E-state index in [-0.39, 0.29) is 12.2 Å². The molecule has 0 saturated heterocycles.